The molecule has 194 valence electrons. The molecule has 0 saturated heterocycles. The molecule has 0 radical (unpaired) electrons. The first-order valence-corrected chi connectivity index (χ1v) is 12.4. The number of nitrogens with zero attached hydrogens (tertiary/aromatic N) is 5. The number of imidazole rings is 2. The Labute approximate surface area is 207 Å². The average molecular weight is 489 g/mol. The number of Topliss-reactive ketones (excluding diaryl/α,β-unsaturated/α-hetero) is 1. The Balaban J connectivity index is 1.76. The third-order valence-electron chi connectivity index (χ3n) is 6.11. The van der Waals surface area contributed by atoms with Crippen LogP contribution in [0.3, 0.4) is 0 Å². The number of rotatable bonds is 18. The lowest BCUT2D eigenvalue weighted by molar-refractivity contribution is -0.142. The summed E-state index contributed by atoms with van der Waals surface area (Å²) >= 11 is 0. The molecular weight excluding hydrogens is 448 g/mol. The van der Waals surface area contributed by atoms with Crippen LogP contribution >= 0.6 is 0 Å². The molecule has 2 N–H and O–H groups in total. The van der Waals surface area contributed by atoms with Crippen molar-refractivity contribution in [3.05, 3.63) is 36.4 Å². The fourth-order valence-corrected chi connectivity index (χ4v) is 3.93. The molecule has 0 bridgehead atoms. The molecular formula is C25H40N6O4. The predicted molar refractivity (Wildman–Crippen MR) is 132 cm³/mol. The largest absolute Gasteiger partial charge is 0.480 e. The van der Waals surface area contributed by atoms with E-state index in [-0.39, 0.29) is 11.7 Å². The maximum Gasteiger partial charge on any atom is 0.326 e. The third kappa shape index (κ3) is 10.9. The van der Waals surface area contributed by atoms with Crippen molar-refractivity contribution < 1.29 is 19.5 Å². The van der Waals surface area contributed by atoms with Gasteiger partial charge in [0.1, 0.15) is 23.5 Å². The van der Waals surface area contributed by atoms with E-state index in [1.54, 1.807) is 19.3 Å². The number of carbonyl (C=O) groups is 3. The molecule has 1 amide bonds. The summed E-state index contributed by atoms with van der Waals surface area (Å²) in [6.45, 7) is 3.68. The molecule has 1 atom stereocenters. The van der Waals surface area contributed by atoms with E-state index in [0.29, 0.717) is 45.2 Å². The molecule has 10 nitrogen and oxygen atoms in total. The van der Waals surface area contributed by atoms with Gasteiger partial charge in [-0.15, -0.1) is 0 Å². The Bertz CT molecular complexity index is 896. The smallest absolute Gasteiger partial charge is 0.326 e. The van der Waals surface area contributed by atoms with Crippen molar-refractivity contribution in [3.63, 3.8) is 0 Å². The summed E-state index contributed by atoms with van der Waals surface area (Å²) in [6.07, 6.45) is 13.4. The van der Waals surface area contributed by atoms with Crippen molar-refractivity contribution >= 4 is 17.7 Å². The zero-order valence-electron chi connectivity index (χ0n) is 21.3. The molecule has 2 heterocycles. The van der Waals surface area contributed by atoms with Crippen LogP contribution in [0.15, 0.2) is 24.8 Å². The zero-order chi connectivity index (χ0) is 25.6. The summed E-state index contributed by atoms with van der Waals surface area (Å²) in [7, 11) is 3.93. The fraction of sp³-hybridized carbons (Fsp3) is 0.640. The van der Waals surface area contributed by atoms with Crippen LogP contribution in [-0.4, -0.2) is 59.4 Å². The standard InChI is InChI=1S/C25H40N6O4/c1-20(32)10-6-4-5-7-12-24(33)28-21(25(34)35)11-8-9-15-31(18-22-26-13-16-29(22)2)19-23-27-14-17-30(23)3/h13-14,16-17,21H,4-12,15,18-19H2,1-3H3,(H,28,33)(H,34,35)/t21-/m0/s1. The minimum Gasteiger partial charge on any atom is -0.480 e. The van der Waals surface area contributed by atoms with Crippen LogP contribution in [0.4, 0.5) is 0 Å². The zero-order valence-corrected chi connectivity index (χ0v) is 21.3. The summed E-state index contributed by atoms with van der Waals surface area (Å²) in [6, 6.07) is -0.877. The molecule has 10 heteroatoms. The van der Waals surface area contributed by atoms with Crippen LogP contribution in [0.5, 0.6) is 0 Å². The Hall–Kier alpha value is -3.01. The van der Waals surface area contributed by atoms with Gasteiger partial charge in [-0.05, 0) is 45.6 Å². The molecule has 0 saturated carbocycles. The molecule has 0 spiro atoms. The van der Waals surface area contributed by atoms with E-state index >= 15 is 0 Å². The minimum atomic E-state index is -1.00. The van der Waals surface area contributed by atoms with Crippen LogP contribution in [0.1, 0.15) is 76.4 Å². The van der Waals surface area contributed by atoms with Crippen molar-refractivity contribution in [1.82, 2.24) is 29.3 Å². The van der Waals surface area contributed by atoms with Crippen LogP contribution in [0.2, 0.25) is 0 Å². The molecule has 0 fully saturated rings. The van der Waals surface area contributed by atoms with E-state index in [1.807, 2.05) is 35.6 Å². The van der Waals surface area contributed by atoms with Gasteiger partial charge in [-0.3, -0.25) is 9.69 Å². The van der Waals surface area contributed by atoms with Crippen molar-refractivity contribution in [3.8, 4) is 0 Å². The topological polar surface area (TPSA) is 122 Å². The normalized spacial score (nSPS) is 12.1. The molecule has 0 aliphatic heterocycles. The van der Waals surface area contributed by atoms with Crippen molar-refractivity contribution in [2.24, 2.45) is 14.1 Å². The van der Waals surface area contributed by atoms with Crippen molar-refractivity contribution in [2.75, 3.05) is 6.54 Å². The summed E-state index contributed by atoms with van der Waals surface area (Å²) in [5.74, 6) is 0.864. The maximum atomic E-state index is 12.2. The van der Waals surface area contributed by atoms with Gasteiger partial charge in [-0.1, -0.05) is 12.8 Å². The molecule has 2 rings (SSSR count). The van der Waals surface area contributed by atoms with Gasteiger partial charge < -0.3 is 24.4 Å². The number of aromatic nitrogens is 4. The lowest BCUT2D eigenvalue weighted by atomic mass is 10.1. The second-order valence-electron chi connectivity index (χ2n) is 9.19. The molecule has 0 aliphatic rings. The predicted octanol–water partition coefficient (Wildman–Crippen LogP) is 2.83. The minimum absolute atomic E-state index is 0.184. The molecule has 0 aliphatic carbocycles. The number of carboxylic acids is 1. The van der Waals surface area contributed by atoms with Gasteiger partial charge in [0.25, 0.3) is 0 Å². The van der Waals surface area contributed by atoms with Gasteiger partial charge in [0.15, 0.2) is 0 Å². The van der Waals surface area contributed by atoms with Crippen LogP contribution in [-0.2, 0) is 41.6 Å². The first kappa shape index (κ1) is 28.2. The molecule has 0 aromatic carbocycles. The molecule has 0 unspecified atom stereocenters. The van der Waals surface area contributed by atoms with E-state index in [0.717, 1.165) is 43.9 Å². The first-order chi connectivity index (χ1) is 16.8. The fourth-order valence-electron chi connectivity index (χ4n) is 3.93. The van der Waals surface area contributed by atoms with E-state index < -0.39 is 12.0 Å². The van der Waals surface area contributed by atoms with Gasteiger partial charge in [-0.25, -0.2) is 14.8 Å². The highest BCUT2D eigenvalue weighted by molar-refractivity contribution is 5.83. The number of nitrogens with one attached hydrogen (secondary N) is 1. The number of hydrogen-bond donors (Lipinski definition) is 2. The number of unbranched alkanes of at least 4 members (excludes halogenated alkanes) is 4. The van der Waals surface area contributed by atoms with E-state index in [4.69, 9.17) is 0 Å². The lowest BCUT2D eigenvalue weighted by Gasteiger charge is -2.22. The van der Waals surface area contributed by atoms with Gasteiger partial charge in [0, 0.05) is 51.7 Å². The quantitative estimate of drug-likeness (QED) is 0.309. The van der Waals surface area contributed by atoms with E-state index in [1.165, 1.54) is 0 Å². The van der Waals surface area contributed by atoms with E-state index in [2.05, 4.69) is 20.2 Å². The SMILES string of the molecule is CC(=O)CCCCCCC(=O)N[C@@H](CCCCN(Cc1nccn1C)Cc1nccn1C)C(=O)O. The highest BCUT2D eigenvalue weighted by Crippen LogP contribution is 2.11. The van der Waals surface area contributed by atoms with Gasteiger partial charge in [0.05, 0.1) is 13.1 Å². The van der Waals surface area contributed by atoms with Gasteiger partial charge in [-0.2, -0.15) is 0 Å². The summed E-state index contributed by atoms with van der Waals surface area (Å²) in [5, 5.41) is 12.2. The molecule has 2 aromatic rings. The summed E-state index contributed by atoms with van der Waals surface area (Å²) < 4.78 is 3.98. The number of amides is 1. The number of carbonyl (C=O) groups excluding carboxylic acids is 2. The highest BCUT2D eigenvalue weighted by Gasteiger charge is 2.20. The highest BCUT2D eigenvalue weighted by atomic mass is 16.4. The second-order valence-corrected chi connectivity index (χ2v) is 9.19. The van der Waals surface area contributed by atoms with Crippen molar-refractivity contribution in [2.45, 2.75) is 83.8 Å². The summed E-state index contributed by atoms with van der Waals surface area (Å²) in [5.41, 5.74) is 0. The Morgan fingerprint density at radius 2 is 1.49 bits per heavy atom. The average Bonchev–Trinajstić information content (AvgIpc) is 3.39. The number of ketones is 1. The van der Waals surface area contributed by atoms with E-state index in [9.17, 15) is 19.5 Å². The van der Waals surface area contributed by atoms with Crippen molar-refractivity contribution in [1.29, 1.82) is 0 Å². The van der Waals surface area contributed by atoms with Gasteiger partial charge in [0.2, 0.25) is 5.91 Å². The second kappa shape index (κ2) is 15.1. The number of aryl methyl sites for hydroxylation is 2. The number of carboxylic acid groups (broad SMARTS) is 1. The Kier molecular flexibility index (Phi) is 12.2. The maximum absolute atomic E-state index is 12.2. The third-order valence-corrected chi connectivity index (χ3v) is 6.11. The Morgan fingerprint density at radius 3 is 1.97 bits per heavy atom. The summed E-state index contributed by atoms with van der Waals surface area (Å²) in [4.78, 5) is 45.9. The Morgan fingerprint density at radius 1 is 0.914 bits per heavy atom. The molecule has 35 heavy (non-hydrogen) atoms. The lowest BCUT2D eigenvalue weighted by Crippen LogP contribution is -2.40. The van der Waals surface area contributed by atoms with Gasteiger partial charge >= 0.3 is 5.97 Å². The number of aliphatic carboxylic acids is 1. The van der Waals surface area contributed by atoms with Crippen LogP contribution in [0, 0.1) is 0 Å². The van der Waals surface area contributed by atoms with Crippen LogP contribution < -0.4 is 5.32 Å². The van der Waals surface area contributed by atoms with Crippen LogP contribution in [0.25, 0.3) is 0 Å². The monoisotopic (exact) mass is 488 g/mol. The first-order valence-electron chi connectivity index (χ1n) is 12.4. The number of hydrogen-bond acceptors (Lipinski definition) is 6. The molecule has 2 aromatic heterocycles.